The number of hydrogen-bond acceptors (Lipinski definition) is 2. The Bertz CT molecular complexity index is 164. The Morgan fingerprint density at radius 2 is 2.17 bits per heavy atom. The molecule has 3 nitrogen and oxygen atoms in total. The van der Waals surface area contributed by atoms with Crippen LogP contribution in [0, 0.1) is 5.92 Å². The summed E-state index contributed by atoms with van der Waals surface area (Å²) < 4.78 is 0. The molecule has 0 unspecified atom stereocenters. The quantitative estimate of drug-likeness (QED) is 0.674. The average Bonchev–Trinajstić information content (AvgIpc) is 2.00. The number of carbonyl (C=O) groups excluding carboxylic acids is 1. The van der Waals surface area contributed by atoms with Gasteiger partial charge in [-0.1, -0.05) is 6.92 Å². The monoisotopic (exact) mass is 170 g/mol. The van der Waals surface area contributed by atoms with Gasteiger partial charge in [-0.3, -0.25) is 4.79 Å². The summed E-state index contributed by atoms with van der Waals surface area (Å²) in [5.41, 5.74) is 5.65. The molecule has 1 amide bonds. The van der Waals surface area contributed by atoms with E-state index in [2.05, 4.69) is 0 Å². The van der Waals surface area contributed by atoms with Crippen molar-refractivity contribution in [2.75, 3.05) is 13.6 Å². The molecule has 1 fully saturated rings. The minimum atomic E-state index is 0.232. The fourth-order valence-corrected chi connectivity index (χ4v) is 1.70. The normalized spacial score (nSPS) is 27.9. The maximum absolute atomic E-state index is 11.2. The van der Waals surface area contributed by atoms with Crippen molar-refractivity contribution >= 4 is 5.91 Å². The molecule has 1 saturated carbocycles. The van der Waals surface area contributed by atoms with E-state index in [-0.39, 0.29) is 5.91 Å². The third-order valence-corrected chi connectivity index (χ3v) is 2.53. The lowest BCUT2D eigenvalue weighted by Crippen LogP contribution is -2.43. The Kier molecular flexibility index (Phi) is 3.09. The lowest BCUT2D eigenvalue weighted by atomic mass is 9.80. The Hall–Kier alpha value is -0.570. The molecule has 0 aromatic rings. The van der Waals surface area contributed by atoms with Gasteiger partial charge in [0.05, 0.1) is 0 Å². The highest BCUT2D eigenvalue weighted by Gasteiger charge is 2.27. The van der Waals surface area contributed by atoms with E-state index < -0.39 is 0 Å². The van der Waals surface area contributed by atoms with Crippen LogP contribution in [0.2, 0.25) is 0 Å². The summed E-state index contributed by atoms with van der Waals surface area (Å²) in [6, 6.07) is 0.389. The van der Waals surface area contributed by atoms with Crippen molar-refractivity contribution in [3.8, 4) is 0 Å². The van der Waals surface area contributed by atoms with Gasteiger partial charge in [0.1, 0.15) is 0 Å². The number of rotatable bonds is 3. The average molecular weight is 170 g/mol. The van der Waals surface area contributed by atoms with E-state index >= 15 is 0 Å². The van der Waals surface area contributed by atoms with Crippen molar-refractivity contribution in [2.45, 2.75) is 32.2 Å². The van der Waals surface area contributed by atoms with Crippen molar-refractivity contribution in [1.29, 1.82) is 0 Å². The molecule has 1 rings (SSSR count). The van der Waals surface area contributed by atoms with Crippen molar-refractivity contribution < 1.29 is 4.79 Å². The van der Waals surface area contributed by atoms with Gasteiger partial charge in [-0.15, -0.1) is 0 Å². The molecule has 0 aromatic carbocycles. The molecule has 0 aromatic heterocycles. The van der Waals surface area contributed by atoms with E-state index in [1.165, 1.54) is 0 Å². The van der Waals surface area contributed by atoms with Crippen LogP contribution >= 0.6 is 0 Å². The van der Waals surface area contributed by atoms with Crippen LogP contribution < -0.4 is 5.73 Å². The second kappa shape index (κ2) is 3.90. The number of nitrogens with two attached hydrogens (primary N) is 1. The standard InChI is InChI=1S/C9H18N2O/c1-3-9(12)11(2)6-7-4-8(10)5-7/h7-8H,3-6,10H2,1-2H3. The fourth-order valence-electron chi connectivity index (χ4n) is 1.70. The first-order chi connectivity index (χ1) is 5.63. The predicted molar refractivity (Wildman–Crippen MR) is 48.6 cm³/mol. The van der Waals surface area contributed by atoms with Crippen LogP contribution in [0.4, 0.5) is 0 Å². The van der Waals surface area contributed by atoms with Crippen LogP contribution in [-0.2, 0) is 4.79 Å². The zero-order valence-electron chi connectivity index (χ0n) is 7.92. The van der Waals surface area contributed by atoms with Crippen LogP contribution in [0.15, 0.2) is 0 Å². The Morgan fingerprint density at radius 3 is 2.58 bits per heavy atom. The highest BCUT2D eigenvalue weighted by Crippen LogP contribution is 2.25. The number of carbonyl (C=O) groups is 1. The van der Waals surface area contributed by atoms with Gasteiger partial charge in [0.15, 0.2) is 0 Å². The first-order valence-corrected chi connectivity index (χ1v) is 4.63. The highest BCUT2D eigenvalue weighted by atomic mass is 16.2. The summed E-state index contributed by atoms with van der Waals surface area (Å²) in [6.45, 7) is 2.78. The summed E-state index contributed by atoms with van der Waals surface area (Å²) in [6.07, 6.45) is 2.78. The van der Waals surface area contributed by atoms with Crippen LogP contribution in [-0.4, -0.2) is 30.4 Å². The van der Waals surface area contributed by atoms with Gasteiger partial charge in [0, 0.05) is 26.1 Å². The van der Waals surface area contributed by atoms with Crippen LogP contribution in [0.5, 0.6) is 0 Å². The van der Waals surface area contributed by atoms with E-state index in [9.17, 15) is 4.79 Å². The molecule has 1 aliphatic carbocycles. The van der Waals surface area contributed by atoms with Crippen molar-refractivity contribution in [3.63, 3.8) is 0 Å². The van der Waals surface area contributed by atoms with Crippen LogP contribution in [0.25, 0.3) is 0 Å². The van der Waals surface area contributed by atoms with Gasteiger partial charge in [0.2, 0.25) is 5.91 Å². The molecule has 0 bridgehead atoms. The zero-order valence-corrected chi connectivity index (χ0v) is 7.92. The third-order valence-electron chi connectivity index (χ3n) is 2.53. The largest absolute Gasteiger partial charge is 0.345 e. The molecule has 0 saturated heterocycles. The summed E-state index contributed by atoms with van der Waals surface area (Å²) >= 11 is 0. The van der Waals surface area contributed by atoms with Gasteiger partial charge in [-0.25, -0.2) is 0 Å². The second-order valence-electron chi connectivity index (χ2n) is 3.73. The second-order valence-corrected chi connectivity index (χ2v) is 3.73. The molecule has 0 atom stereocenters. The van der Waals surface area contributed by atoms with Crippen molar-refractivity contribution in [2.24, 2.45) is 11.7 Å². The van der Waals surface area contributed by atoms with E-state index in [1.807, 2.05) is 18.9 Å². The zero-order chi connectivity index (χ0) is 9.14. The first kappa shape index (κ1) is 9.52. The lowest BCUT2D eigenvalue weighted by Gasteiger charge is -2.35. The van der Waals surface area contributed by atoms with E-state index in [4.69, 9.17) is 5.73 Å². The molecule has 2 N–H and O–H groups in total. The Morgan fingerprint density at radius 1 is 1.58 bits per heavy atom. The molecular weight excluding hydrogens is 152 g/mol. The minimum absolute atomic E-state index is 0.232. The number of hydrogen-bond donors (Lipinski definition) is 1. The van der Waals surface area contributed by atoms with Crippen LogP contribution in [0.1, 0.15) is 26.2 Å². The Labute approximate surface area is 73.9 Å². The summed E-state index contributed by atoms with van der Waals surface area (Å²) in [5, 5.41) is 0. The topological polar surface area (TPSA) is 46.3 Å². The molecule has 12 heavy (non-hydrogen) atoms. The highest BCUT2D eigenvalue weighted by molar-refractivity contribution is 5.75. The van der Waals surface area contributed by atoms with Gasteiger partial charge >= 0.3 is 0 Å². The molecule has 0 spiro atoms. The SMILES string of the molecule is CCC(=O)N(C)CC1CC(N)C1. The van der Waals surface area contributed by atoms with Gasteiger partial charge in [-0.05, 0) is 18.8 Å². The maximum atomic E-state index is 11.2. The smallest absolute Gasteiger partial charge is 0.222 e. The molecule has 0 radical (unpaired) electrons. The summed E-state index contributed by atoms with van der Waals surface area (Å²) in [7, 11) is 1.87. The molecule has 70 valence electrons. The van der Waals surface area contributed by atoms with E-state index in [0.717, 1.165) is 19.4 Å². The predicted octanol–water partition coefficient (Wildman–Crippen LogP) is 0.592. The number of amides is 1. The van der Waals surface area contributed by atoms with Crippen molar-refractivity contribution in [1.82, 2.24) is 4.90 Å². The van der Waals surface area contributed by atoms with Gasteiger partial charge in [-0.2, -0.15) is 0 Å². The van der Waals surface area contributed by atoms with E-state index in [0.29, 0.717) is 18.4 Å². The minimum Gasteiger partial charge on any atom is -0.345 e. The summed E-state index contributed by atoms with van der Waals surface area (Å²) in [4.78, 5) is 13.0. The molecular formula is C9H18N2O. The molecule has 0 heterocycles. The number of nitrogens with zero attached hydrogens (tertiary/aromatic N) is 1. The first-order valence-electron chi connectivity index (χ1n) is 4.63. The lowest BCUT2D eigenvalue weighted by molar-refractivity contribution is -0.130. The van der Waals surface area contributed by atoms with E-state index in [1.54, 1.807) is 0 Å². The van der Waals surface area contributed by atoms with Gasteiger partial charge < -0.3 is 10.6 Å². The molecule has 0 aliphatic heterocycles. The maximum Gasteiger partial charge on any atom is 0.222 e. The van der Waals surface area contributed by atoms with Crippen LogP contribution in [0.3, 0.4) is 0 Å². The molecule has 1 aliphatic rings. The fraction of sp³-hybridized carbons (Fsp3) is 0.889. The van der Waals surface area contributed by atoms with Gasteiger partial charge in [0.25, 0.3) is 0 Å². The molecule has 3 heteroatoms. The Balaban J connectivity index is 2.18. The third kappa shape index (κ3) is 2.21. The van der Waals surface area contributed by atoms with Crippen molar-refractivity contribution in [3.05, 3.63) is 0 Å². The summed E-state index contributed by atoms with van der Waals surface area (Å²) in [5.74, 6) is 0.885.